The molecule has 0 aromatic heterocycles. The van der Waals surface area contributed by atoms with Crippen molar-refractivity contribution in [2.75, 3.05) is 6.61 Å². The lowest BCUT2D eigenvalue weighted by molar-refractivity contribution is -0.143. The topological polar surface area (TPSA) is 63.6 Å². The number of hydrogen-bond acceptors (Lipinski definition) is 3. The van der Waals surface area contributed by atoms with Gasteiger partial charge in [-0.1, -0.05) is 124 Å². The summed E-state index contributed by atoms with van der Waals surface area (Å²) < 4.78 is 5.02. The molecule has 0 aliphatic rings. The van der Waals surface area contributed by atoms with Crippen molar-refractivity contribution in [3.8, 4) is 0 Å². The average molecular weight is 443 g/mol. The zero-order valence-electron chi connectivity index (χ0n) is 21.2. The Balaban J connectivity index is 0. The number of unbranched alkanes of at least 4 members (excludes halogenated alkanes) is 16. The molecule has 0 aromatic carbocycles. The van der Waals surface area contributed by atoms with Gasteiger partial charge in [0, 0.05) is 12.8 Å². The Hall–Kier alpha value is -1.06. The first-order valence-corrected chi connectivity index (χ1v) is 13.5. The zero-order valence-corrected chi connectivity index (χ0v) is 21.2. The number of carboxylic acid groups (broad SMARTS) is 1. The molecule has 0 aromatic rings. The Labute approximate surface area is 193 Å². The molecule has 0 unspecified atom stereocenters. The normalized spacial score (nSPS) is 10.4. The predicted octanol–water partition coefficient (Wildman–Crippen LogP) is 8.85. The molecule has 0 radical (unpaired) electrons. The van der Waals surface area contributed by atoms with Gasteiger partial charge in [-0.05, 0) is 19.3 Å². The van der Waals surface area contributed by atoms with Gasteiger partial charge in [-0.25, -0.2) is 0 Å². The summed E-state index contributed by atoms with van der Waals surface area (Å²) in [4.78, 5) is 21.4. The molecule has 0 saturated carbocycles. The van der Waals surface area contributed by atoms with Crippen molar-refractivity contribution in [2.24, 2.45) is 0 Å². The first-order chi connectivity index (χ1) is 15.1. The van der Waals surface area contributed by atoms with Crippen LogP contribution >= 0.6 is 0 Å². The summed E-state index contributed by atoms with van der Waals surface area (Å²) in [5, 5.41) is 8.41. The fourth-order valence-corrected chi connectivity index (χ4v) is 3.45. The van der Waals surface area contributed by atoms with Crippen LogP contribution in [0.2, 0.25) is 0 Å². The SMILES string of the molecule is CCCCCCCCCCCC(=O)O.CCCCCCCCCCCC(=O)OCCC. The summed E-state index contributed by atoms with van der Waals surface area (Å²) in [5.74, 6) is -0.678. The van der Waals surface area contributed by atoms with E-state index in [2.05, 4.69) is 13.8 Å². The molecule has 0 bridgehead atoms. The first kappa shape index (κ1) is 32.1. The zero-order chi connectivity index (χ0) is 23.4. The van der Waals surface area contributed by atoms with Gasteiger partial charge in [0.2, 0.25) is 0 Å². The van der Waals surface area contributed by atoms with E-state index in [1.807, 2.05) is 6.92 Å². The molecule has 0 atom stereocenters. The van der Waals surface area contributed by atoms with Crippen molar-refractivity contribution < 1.29 is 19.4 Å². The number of ether oxygens (including phenoxy) is 1. The van der Waals surface area contributed by atoms with E-state index in [4.69, 9.17) is 9.84 Å². The number of carbonyl (C=O) groups excluding carboxylic acids is 1. The van der Waals surface area contributed by atoms with Crippen molar-refractivity contribution >= 4 is 11.9 Å². The first-order valence-electron chi connectivity index (χ1n) is 13.5. The Morgan fingerprint density at radius 1 is 0.516 bits per heavy atom. The van der Waals surface area contributed by atoms with E-state index in [9.17, 15) is 9.59 Å². The largest absolute Gasteiger partial charge is 0.481 e. The van der Waals surface area contributed by atoms with E-state index in [1.165, 1.54) is 96.3 Å². The second-order valence-corrected chi connectivity index (χ2v) is 8.77. The molecular formula is C27H54O4. The maximum Gasteiger partial charge on any atom is 0.305 e. The molecule has 0 amide bonds. The summed E-state index contributed by atoms with van der Waals surface area (Å²) in [5.41, 5.74) is 0. The minimum atomic E-state index is -0.659. The fraction of sp³-hybridized carbons (Fsp3) is 0.926. The molecule has 0 fully saturated rings. The maximum atomic E-state index is 11.2. The van der Waals surface area contributed by atoms with Crippen molar-refractivity contribution in [1.29, 1.82) is 0 Å². The monoisotopic (exact) mass is 442 g/mol. The van der Waals surface area contributed by atoms with Crippen LogP contribution in [0.25, 0.3) is 0 Å². The number of aliphatic carboxylic acids is 1. The van der Waals surface area contributed by atoms with E-state index in [0.29, 0.717) is 19.4 Å². The van der Waals surface area contributed by atoms with E-state index in [0.717, 1.165) is 25.7 Å². The molecule has 0 spiro atoms. The number of carbonyl (C=O) groups is 2. The lowest BCUT2D eigenvalue weighted by atomic mass is 10.1. The summed E-state index contributed by atoms with van der Waals surface area (Å²) >= 11 is 0. The van der Waals surface area contributed by atoms with Crippen molar-refractivity contribution in [2.45, 2.75) is 156 Å². The molecule has 186 valence electrons. The summed E-state index contributed by atoms with van der Waals surface area (Å²) in [6.07, 6.45) is 24.6. The highest BCUT2D eigenvalue weighted by Crippen LogP contribution is 2.11. The number of hydrogen-bond donors (Lipinski definition) is 1. The van der Waals surface area contributed by atoms with Crippen LogP contribution in [-0.2, 0) is 14.3 Å². The van der Waals surface area contributed by atoms with E-state index < -0.39 is 5.97 Å². The molecule has 0 heterocycles. The summed E-state index contributed by atoms with van der Waals surface area (Å²) in [7, 11) is 0. The van der Waals surface area contributed by atoms with E-state index >= 15 is 0 Å². The van der Waals surface area contributed by atoms with Gasteiger partial charge in [0.25, 0.3) is 0 Å². The molecule has 0 rings (SSSR count). The Bertz CT molecular complexity index is 368. The van der Waals surface area contributed by atoms with Crippen LogP contribution in [0.1, 0.15) is 156 Å². The van der Waals surface area contributed by atoms with Gasteiger partial charge in [-0.3, -0.25) is 9.59 Å². The average Bonchev–Trinajstić information content (AvgIpc) is 2.75. The smallest absolute Gasteiger partial charge is 0.305 e. The number of carboxylic acids is 1. The molecule has 31 heavy (non-hydrogen) atoms. The molecule has 0 saturated heterocycles. The Morgan fingerprint density at radius 2 is 0.871 bits per heavy atom. The summed E-state index contributed by atoms with van der Waals surface area (Å²) in [6.45, 7) is 7.08. The molecule has 0 aliphatic heterocycles. The lowest BCUT2D eigenvalue weighted by Gasteiger charge is -2.03. The van der Waals surface area contributed by atoms with Gasteiger partial charge in [0.1, 0.15) is 0 Å². The van der Waals surface area contributed by atoms with E-state index in [1.54, 1.807) is 0 Å². The molecular weight excluding hydrogens is 388 g/mol. The molecule has 1 N–H and O–H groups in total. The van der Waals surface area contributed by atoms with Crippen LogP contribution in [-0.4, -0.2) is 23.7 Å². The Kier molecular flexibility index (Phi) is 30.0. The number of esters is 1. The Morgan fingerprint density at radius 3 is 1.23 bits per heavy atom. The van der Waals surface area contributed by atoms with Crippen LogP contribution < -0.4 is 0 Å². The molecule has 4 heteroatoms. The quantitative estimate of drug-likeness (QED) is 0.134. The third-order valence-electron chi connectivity index (χ3n) is 5.45. The van der Waals surface area contributed by atoms with Gasteiger partial charge in [-0.2, -0.15) is 0 Å². The van der Waals surface area contributed by atoms with Gasteiger partial charge >= 0.3 is 11.9 Å². The maximum absolute atomic E-state index is 11.2. The second-order valence-electron chi connectivity index (χ2n) is 8.77. The van der Waals surface area contributed by atoms with Gasteiger partial charge in [0.05, 0.1) is 6.61 Å². The lowest BCUT2D eigenvalue weighted by Crippen LogP contribution is -2.04. The molecule has 0 aliphatic carbocycles. The van der Waals surface area contributed by atoms with Gasteiger partial charge in [0.15, 0.2) is 0 Å². The minimum absolute atomic E-state index is 0.0187. The highest BCUT2D eigenvalue weighted by molar-refractivity contribution is 5.69. The van der Waals surface area contributed by atoms with Crippen LogP contribution in [0.5, 0.6) is 0 Å². The van der Waals surface area contributed by atoms with Gasteiger partial charge < -0.3 is 9.84 Å². The van der Waals surface area contributed by atoms with Crippen molar-refractivity contribution in [3.05, 3.63) is 0 Å². The third-order valence-corrected chi connectivity index (χ3v) is 5.45. The van der Waals surface area contributed by atoms with E-state index in [-0.39, 0.29) is 5.97 Å². The highest BCUT2D eigenvalue weighted by atomic mass is 16.5. The fourth-order valence-electron chi connectivity index (χ4n) is 3.45. The third kappa shape index (κ3) is 33.8. The summed E-state index contributed by atoms with van der Waals surface area (Å²) in [6, 6.07) is 0. The van der Waals surface area contributed by atoms with Crippen LogP contribution in [0.4, 0.5) is 0 Å². The van der Waals surface area contributed by atoms with Gasteiger partial charge in [-0.15, -0.1) is 0 Å². The van der Waals surface area contributed by atoms with Crippen LogP contribution in [0.3, 0.4) is 0 Å². The van der Waals surface area contributed by atoms with Crippen LogP contribution in [0, 0.1) is 0 Å². The second kappa shape index (κ2) is 28.9. The van der Waals surface area contributed by atoms with Crippen LogP contribution in [0.15, 0.2) is 0 Å². The van der Waals surface area contributed by atoms with Crippen molar-refractivity contribution in [3.63, 3.8) is 0 Å². The van der Waals surface area contributed by atoms with Crippen molar-refractivity contribution in [1.82, 2.24) is 0 Å². The number of rotatable bonds is 22. The standard InChI is InChI=1S/C15H30O2.C12H24O2/c1-3-5-6-7-8-9-10-11-12-13-15(16)17-14-4-2;1-2-3-4-5-6-7-8-9-10-11-12(13)14/h3-14H2,1-2H3;2-11H2,1H3,(H,13,14). The molecule has 4 nitrogen and oxygen atoms in total. The highest BCUT2D eigenvalue weighted by Gasteiger charge is 2.01. The predicted molar refractivity (Wildman–Crippen MR) is 133 cm³/mol. The minimum Gasteiger partial charge on any atom is -0.481 e.